The summed E-state index contributed by atoms with van der Waals surface area (Å²) in [5, 5.41) is 16.3. The summed E-state index contributed by atoms with van der Waals surface area (Å²) in [6.45, 7) is 4.00. The summed E-state index contributed by atoms with van der Waals surface area (Å²) in [5.74, 6) is 0.510. The Morgan fingerprint density at radius 2 is 1.85 bits per heavy atom. The van der Waals surface area contributed by atoms with E-state index in [1.165, 1.54) is 5.56 Å². The molecule has 27 heavy (non-hydrogen) atoms. The second kappa shape index (κ2) is 7.13. The van der Waals surface area contributed by atoms with Crippen LogP contribution in [-0.4, -0.2) is 30.9 Å². The lowest BCUT2D eigenvalue weighted by Gasteiger charge is -2.06. The van der Waals surface area contributed by atoms with E-state index >= 15 is 0 Å². The summed E-state index contributed by atoms with van der Waals surface area (Å²) in [6, 6.07) is 20.2. The highest BCUT2D eigenvalue weighted by atomic mass is 32.1. The lowest BCUT2D eigenvalue weighted by molar-refractivity contribution is 0.733. The molecule has 4 rings (SSSR count). The van der Waals surface area contributed by atoms with Gasteiger partial charge in [0.2, 0.25) is 4.77 Å². The van der Waals surface area contributed by atoms with Crippen LogP contribution in [0.5, 0.6) is 0 Å². The van der Waals surface area contributed by atoms with Crippen LogP contribution in [-0.2, 0) is 0 Å². The molecular weight excluding hydrogens is 356 g/mol. The van der Waals surface area contributed by atoms with Crippen molar-refractivity contribution in [2.45, 2.75) is 13.8 Å². The molecule has 4 aromatic rings. The van der Waals surface area contributed by atoms with E-state index in [-0.39, 0.29) is 0 Å². The predicted molar refractivity (Wildman–Crippen MR) is 109 cm³/mol. The maximum Gasteiger partial charge on any atom is 0.272 e. The molecule has 7 heteroatoms. The third-order valence-corrected chi connectivity index (χ3v) is 4.35. The van der Waals surface area contributed by atoms with Gasteiger partial charge in [0.1, 0.15) is 0 Å². The largest absolute Gasteiger partial charge is 0.272 e. The summed E-state index contributed by atoms with van der Waals surface area (Å²) < 4.78 is 3.74. The Kier molecular flexibility index (Phi) is 4.52. The van der Waals surface area contributed by atoms with Crippen molar-refractivity contribution in [1.29, 1.82) is 0 Å². The van der Waals surface area contributed by atoms with Crippen LogP contribution in [0.1, 0.15) is 16.8 Å². The number of aromatic amines is 1. The van der Waals surface area contributed by atoms with Crippen molar-refractivity contribution in [1.82, 2.24) is 24.7 Å². The molecule has 1 N–H and O–H groups in total. The standard InChI is InChI=1S/C20H18N6S/c1-14-7-6-8-16(11-14)13-21-26-19(22-23-20(26)27)25-18(12-15(2)24-25)17-9-4-3-5-10-17/h3-13H,1-2H3,(H,23,27)/b21-13+. The van der Waals surface area contributed by atoms with Crippen molar-refractivity contribution < 1.29 is 0 Å². The van der Waals surface area contributed by atoms with Crippen LogP contribution in [0, 0.1) is 18.6 Å². The first-order chi connectivity index (χ1) is 13.1. The SMILES string of the molecule is Cc1cccc(/C=N/n2c(-n3nc(C)cc3-c3ccccc3)n[nH]c2=S)c1. The fourth-order valence-corrected chi connectivity index (χ4v) is 3.04. The number of H-pyrrole nitrogens is 1. The van der Waals surface area contributed by atoms with Gasteiger partial charge in [0.25, 0.3) is 5.95 Å². The van der Waals surface area contributed by atoms with Gasteiger partial charge in [-0.2, -0.15) is 19.6 Å². The fourth-order valence-electron chi connectivity index (χ4n) is 2.87. The second-order valence-electron chi connectivity index (χ2n) is 6.25. The van der Waals surface area contributed by atoms with Gasteiger partial charge in [-0.05, 0) is 37.7 Å². The number of benzene rings is 2. The van der Waals surface area contributed by atoms with Gasteiger partial charge in [0.05, 0.1) is 17.6 Å². The molecule has 2 aromatic carbocycles. The van der Waals surface area contributed by atoms with Crippen LogP contribution in [0.15, 0.2) is 65.8 Å². The van der Waals surface area contributed by atoms with Crippen molar-refractivity contribution in [2.75, 3.05) is 0 Å². The average Bonchev–Trinajstić information content (AvgIpc) is 3.23. The zero-order valence-corrected chi connectivity index (χ0v) is 15.8. The third-order valence-electron chi connectivity index (χ3n) is 4.09. The van der Waals surface area contributed by atoms with Crippen molar-refractivity contribution in [3.63, 3.8) is 0 Å². The molecule has 0 unspecified atom stereocenters. The van der Waals surface area contributed by atoms with Crippen LogP contribution in [0.3, 0.4) is 0 Å². The van der Waals surface area contributed by atoms with E-state index in [1.54, 1.807) is 15.6 Å². The van der Waals surface area contributed by atoms with E-state index in [4.69, 9.17) is 12.2 Å². The Bertz CT molecular complexity index is 1170. The van der Waals surface area contributed by atoms with Crippen LogP contribution >= 0.6 is 12.2 Å². The van der Waals surface area contributed by atoms with E-state index in [2.05, 4.69) is 26.5 Å². The molecule has 0 amide bonds. The topological polar surface area (TPSA) is 63.8 Å². The number of hydrogen-bond acceptors (Lipinski definition) is 4. The number of rotatable bonds is 4. The number of hydrogen-bond donors (Lipinski definition) is 1. The van der Waals surface area contributed by atoms with Crippen LogP contribution in [0.4, 0.5) is 0 Å². The molecule has 0 spiro atoms. The first-order valence-electron chi connectivity index (χ1n) is 8.53. The van der Waals surface area contributed by atoms with Gasteiger partial charge in [-0.3, -0.25) is 0 Å². The van der Waals surface area contributed by atoms with Crippen molar-refractivity contribution in [3.05, 3.63) is 82.3 Å². The minimum absolute atomic E-state index is 0.404. The molecule has 0 aliphatic rings. The van der Waals surface area contributed by atoms with Gasteiger partial charge in [0.15, 0.2) is 0 Å². The lowest BCUT2D eigenvalue weighted by atomic mass is 10.1. The van der Waals surface area contributed by atoms with E-state index in [9.17, 15) is 0 Å². The first kappa shape index (κ1) is 17.1. The molecule has 0 aliphatic carbocycles. The molecule has 0 radical (unpaired) electrons. The van der Waals surface area contributed by atoms with Gasteiger partial charge < -0.3 is 0 Å². The zero-order chi connectivity index (χ0) is 18.8. The molecule has 0 fully saturated rings. The van der Waals surface area contributed by atoms with Crippen LogP contribution < -0.4 is 0 Å². The van der Waals surface area contributed by atoms with E-state index in [1.807, 2.05) is 68.4 Å². The Morgan fingerprint density at radius 1 is 1.04 bits per heavy atom. The molecule has 0 atom stereocenters. The normalized spacial score (nSPS) is 11.3. The Morgan fingerprint density at radius 3 is 2.63 bits per heavy atom. The highest BCUT2D eigenvalue weighted by molar-refractivity contribution is 7.71. The lowest BCUT2D eigenvalue weighted by Crippen LogP contribution is -2.07. The summed E-state index contributed by atoms with van der Waals surface area (Å²) in [5.41, 5.74) is 5.01. The smallest absolute Gasteiger partial charge is 0.248 e. The highest BCUT2D eigenvalue weighted by Crippen LogP contribution is 2.23. The minimum Gasteiger partial charge on any atom is -0.248 e. The second-order valence-corrected chi connectivity index (χ2v) is 6.63. The number of aryl methyl sites for hydroxylation is 2. The first-order valence-corrected chi connectivity index (χ1v) is 8.93. The van der Waals surface area contributed by atoms with Gasteiger partial charge >= 0.3 is 0 Å². The van der Waals surface area contributed by atoms with Crippen LogP contribution in [0.2, 0.25) is 0 Å². The maximum absolute atomic E-state index is 5.37. The summed E-state index contributed by atoms with van der Waals surface area (Å²) in [6.07, 6.45) is 1.76. The molecule has 2 aromatic heterocycles. The molecule has 134 valence electrons. The van der Waals surface area contributed by atoms with Gasteiger partial charge in [-0.25, -0.2) is 5.10 Å². The van der Waals surface area contributed by atoms with E-state index < -0.39 is 0 Å². The average molecular weight is 374 g/mol. The summed E-state index contributed by atoms with van der Waals surface area (Å²) in [4.78, 5) is 0. The number of nitrogens with one attached hydrogen (secondary N) is 1. The maximum atomic E-state index is 5.37. The van der Waals surface area contributed by atoms with Crippen molar-refractivity contribution in [2.24, 2.45) is 5.10 Å². The highest BCUT2D eigenvalue weighted by Gasteiger charge is 2.15. The molecular formula is C20H18N6S. The fraction of sp³-hybridized carbons (Fsp3) is 0.100. The van der Waals surface area contributed by atoms with Gasteiger partial charge in [-0.15, -0.1) is 5.10 Å². The van der Waals surface area contributed by atoms with E-state index in [0.29, 0.717) is 10.7 Å². The van der Waals surface area contributed by atoms with Crippen LogP contribution in [0.25, 0.3) is 17.2 Å². The molecule has 0 aliphatic heterocycles. The quantitative estimate of drug-likeness (QED) is 0.428. The Balaban J connectivity index is 1.80. The zero-order valence-electron chi connectivity index (χ0n) is 15.0. The monoisotopic (exact) mass is 374 g/mol. The number of aromatic nitrogens is 5. The Labute approximate surface area is 161 Å². The van der Waals surface area contributed by atoms with Gasteiger partial charge in [0, 0.05) is 5.56 Å². The predicted octanol–water partition coefficient (Wildman–Crippen LogP) is 4.29. The molecule has 0 saturated heterocycles. The molecule has 0 saturated carbocycles. The molecule has 0 bridgehead atoms. The summed E-state index contributed by atoms with van der Waals surface area (Å²) >= 11 is 5.37. The Hall–Kier alpha value is -3.32. The minimum atomic E-state index is 0.404. The number of nitrogens with zero attached hydrogens (tertiary/aromatic N) is 5. The molecule has 2 heterocycles. The third kappa shape index (κ3) is 3.50. The summed E-state index contributed by atoms with van der Waals surface area (Å²) in [7, 11) is 0. The van der Waals surface area contributed by atoms with Gasteiger partial charge in [-0.1, -0.05) is 60.2 Å². The van der Waals surface area contributed by atoms with E-state index in [0.717, 1.165) is 22.5 Å². The molecule has 6 nitrogen and oxygen atoms in total. The van der Waals surface area contributed by atoms with Crippen molar-refractivity contribution >= 4 is 18.4 Å². The van der Waals surface area contributed by atoms with Crippen molar-refractivity contribution in [3.8, 4) is 17.2 Å².